The molecule has 7 nitrogen and oxygen atoms in total. The van der Waals surface area contributed by atoms with Gasteiger partial charge in [0, 0.05) is 5.41 Å². The third kappa shape index (κ3) is 3.16. The summed E-state index contributed by atoms with van der Waals surface area (Å²) >= 11 is 0. The Hall–Kier alpha value is -2.23. The first-order valence-corrected chi connectivity index (χ1v) is 12.2. The average molecular weight is 452 g/mol. The van der Waals surface area contributed by atoms with E-state index < -0.39 is 42.9 Å². The molecule has 0 radical (unpaired) electrons. The quantitative estimate of drug-likeness (QED) is 0.722. The van der Waals surface area contributed by atoms with E-state index in [1.54, 1.807) is 52.0 Å². The van der Waals surface area contributed by atoms with Crippen LogP contribution in [-0.4, -0.2) is 37.2 Å². The Labute approximate surface area is 177 Å². The number of carboxylic acid groups (broad SMARTS) is 1. The molecule has 3 rings (SSSR count). The normalized spacial score (nSPS) is 23.3. The highest BCUT2D eigenvalue weighted by Crippen LogP contribution is 2.66. The van der Waals surface area contributed by atoms with Crippen LogP contribution >= 0.6 is 0 Å². The van der Waals surface area contributed by atoms with Crippen LogP contribution in [0.1, 0.15) is 31.9 Å². The van der Waals surface area contributed by atoms with E-state index in [-0.39, 0.29) is 9.79 Å². The number of hydrogen-bond acceptors (Lipinski definition) is 5. The molecule has 1 saturated carbocycles. The average Bonchev–Trinajstić information content (AvgIpc) is 3.07. The molecule has 0 aliphatic heterocycles. The lowest BCUT2D eigenvalue weighted by molar-refractivity contribution is -0.139. The van der Waals surface area contributed by atoms with E-state index in [1.807, 2.05) is 0 Å². The molecule has 1 aliphatic carbocycles. The molecule has 0 aromatic heterocycles. The Bertz CT molecular complexity index is 1120. The molecule has 9 heteroatoms. The van der Waals surface area contributed by atoms with Crippen molar-refractivity contribution >= 4 is 26.0 Å². The number of benzene rings is 2. The van der Waals surface area contributed by atoms with Gasteiger partial charge in [-0.2, -0.15) is 0 Å². The molecule has 1 N–H and O–H groups in total. The number of carboxylic acids is 1. The molecule has 1 fully saturated rings. The highest BCUT2D eigenvalue weighted by molar-refractivity contribution is 8.04. The molecule has 1 aliphatic rings. The zero-order valence-corrected chi connectivity index (χ0v) is 19.1. The van der Waals surface area contributed by atoms with Gasteiger partial charge in [0.2, 0.25) is 0 Å². The maximum Gasteiger partial charge on any atom is 0.309 e. The summed E-state index contributed by atoms with van der Waals surface area (Å²) in [6, 6.07) is 11.6. The van der Waals surface area contributed by atoms with Crippen molar-refractivity contribution < 1.29 is 26.7 Å². The Balaban J connectivity index is 2.29. The second-order valence-corrected chi connectivity index (χ2v) is 12.3. The molecule has 162 valence electrons. The molecular weight excluding hydrogens is 426 g/mol. The number of aryl methyl sites for hydroxylation is 2. The van der Waals surface area contributed by atoms with Gasteiger partial charge in [-0.05, 0) is 45.0 Å². The summed E-state index contributed by atoms with van der Waals surface area (Å²) in [4.78, 5) is 11.5. The monoisotopic (exact) mass is 451 g/mol. The summed E-state index contributed by atoms with van der Waals surface area (Å²) < 4.78 is 54.9. The van der Waals surface area contributed by atoms with Gasteiger partial charge < -0.3 is 5.11 Å². The van der Waals surface area contributed by atoms with Crippen LogP contribution in [0.4, 0.5) is 0 Å². The predicted octanol–water partition coefficient (Wildman–Crippen LogP) is 3.18. The maximum atomic E-state index is 13.6. The van der Waals surface area contributed by atoms with Gasteiger partial charge in [-0.15, -0.1) is 0 Å². The molecule has 2 aromatic rings. The molecule has 0 heterocycles. The summed E-state index contributed by atoms with van der Waals surface area (Å²) in [5, 5.41) is 9.70. The van der Waals surface area contributed by atoms with Gasteiger partial charge in [0.1, 0.15) is 0 Å². The lowest BCUT2D eigenvalue weighted by atomic mass is 10.1. The van der Waals surface area contributed by atoms with Crippen molar-refractivity contribution in [2.24, 2.45) is 11.3 Å². The van der Waals surface area contributed by atoms with E-state index >= 15 is 0 Å². The Morgan fingerprint density at radius 3 is 1.40 bits per heavy atom. The summed E-state index contributed by atoms with van der Waals surface area (Å²) in [6.45, 7) is 8.07. The fraction of sp³-hybridized carbons (Fsp3) is 0.381. The van der Waals surface area contributed by atoms with Crippen molar-refractivity contribution in [3.8, 4) is 0 Å². The van der Waals surface area contributed by atoms with E-state index in [0.29, 0.717) is 3.71 Å². The lowest BCUT2D eigenvalue weighted by Gasteiger charge is -2.30. The van der Waals surface area contributed by atoms with Crippen molar-refractivity contribution in [2.75, 3.05) is 0 Å². The molecule has 2 aromatic carbocycles. The lowest BCUT2D eigenvalue weighted by Crippen LogP contribution is -2.48. The molecule has 0 unspecified atom stereocenters. The molecule has 0 bridgehead atoms. The van der Waals surface area contributed by atoms with E-state index in [1.165, 1.54) is 31.2 Å². The third-order valence-corrected chi connectivity index (χ3v) is 10.8. The van der Waals surface area contributed by atoms with Gasteiger partial charge in [-0.25, -0.2) is 16.8 Å². The van der Waals surface area contributed by atoms with Crippen LogP contribution in [0.2, 0.25) is 0 Å². The number of rotatable bonds is 6. The summed E-state index contributed by atoms with van der Waals surface area (Å²) in [7, 11) is -9.17. The van der Waals surface area contributed by atoms with Crippen molar-refractivity contribution in [3.05, 3.63) is 59.7 Å². The standard InChI is InChI=1S/C21H25NO6S2/c1-14-6-10-16(11-7-14)29(25,26)22(21(5)18(19(23)24)20(21,3)4)30(27,28)17-12-8-15(2)9-13-17/h6-13,18H,1-5H3,(H,23,24)/t18-,21+/m1/s1. The molecule has 0 saturated heterocycles. The van der Waals surface area contributed by atoms with Gasteiger partial charge >= 0.3 is 5.97 Å². The van der Waals surface area contributed by atoms with Crippen molar-refractivity contribution in [3.63, 3.8) is 0 Å². The van der Waals surface area contributed by atoms with Crippen LogP contribution in [0.25, 0.3) is 0 Å². The van der Waals surface area contributed by atoms with Crippen LogP contribution in [0.15, 0.2) is 58.3 Å². The molecule has 0 amide bonds. The Morgan fingerprint density at radius 1 is 0.800 bits per heavy atom. The highest BCUT2D eigenvalue weighted by Gasteiger charge is 2.79. The zero-order chi connectivity index (χ0) is 22.7. The third-order valence-electron chi connectivity index (χ3n) is 6.21. The van der Waals surface area contributed by atoms with Crippen LogP contribution in [0.3, 0.4) is 0 Å². The first-order valence-electron chi connectivity index (χ1n) is 9.35. The first kappa shape index (κ1) is 22.5. The zero-order valence-electron chi connectivity index (χ0n) is 17.4. The number of nitrogens with zero attached hydrogens (tertiary/aromatic N) is 1. The molecule has 0 spiro atoms. The fourth-order valence-electron chi connectivity index (χ4n) is 4.09. The number of carbonyl (C=O) groups is 1. The predicted molar refractivity (Wildman–Crippen MR) is 112 cm³/mol. The maximum absolute atomic E-state index is 13.6. The molecule has 30 heavy (non-hydrogen) atoms. The van der Waals surface area contributed by atoms with Crippen molar-refractivity contribution in [1.29, 1.82) is 0 Å². The second-order valence-electron chi connectivity index (χ2n) is 8.47. The Kier molecular flexibility index (Phi) is 5.16. The number of aliphatic carboxylic acids is 1. The van der Waals surface area contributed by atoms with Gasteiger partial charge in [-0.3, -0.25) is 4.79 Å². The van der Waals surface area contributed by atoms with Crippen LogP contribution in [-0.2, 0) is 24.8 Å². The van der Waals surface area contributed by atoms with Gasteiger partial charge in [0.05, 0.1) is 21.2 Å². The minimum absolute atomic E-state index is 0.211. The smallest absolute Gasteiger partial charge is 0.309 e. The van der Waals surface area contributed by atoms with E-state index in [4.69, 9.17) is 0 Å². The van der Waals surface area contributed by atoms with Crippen LogP contribution in [0, 0.1) is 25.2 Å². The largest absolute Gasteiger partial charge is 0.481 e. The topological polar surface area (TPSA) is 109 Å². The van der Waals surface area contributed by atoms with E-state index in [2.05, 4.69) is 0 Å². The highest BCUT2D eigenvalue weighted by atomic mass is 32.3. The minimum Gasteiger partial charge on any atom is -0.481 e. The van der Waals surface area contributed by atoms with Crippen LogP contribution < -0.4 is 0 Å². The first-order chi connectivity index (χ1) is 13.7. The number of hydrogen-bond donors (Lipinski definition) is 1. The van der Waals surface area contributed by atoms with Gasteiger partial charge in [0.25, 0.3) is 20.0 Å². The van der Waals surface area contributed by atoms with Gasteiger partial charge in [-0.1, -0.05) is 53.0 Å². The van der Waals surface area contributed by atoms with Gasteiger partial charge in [0.15, 0.2) is 0 Å². The molecular formula is C21H25NO6S2. The molecule has 2 atom stereocenters. The van der Waals surface area contributed by atoms with Crippen LogP contribution in [0.5, 0.6) is 0 Å². The van der Waals surface area contributed by atoms with Crippen molar-refractivity contribution in [2.45, 2.75) is 49.9 Å². The summed E-state index contributed by atoms with van der Waals surface area (Å²) in [5.74, 6) is -2.43. The minimum atomic E-state index is -4.58. The van der Waals surface area contributed by atoms with Crippen molar-refractivity contribution in [1.82, 2.24) is 3.71 Å². The van der Waals surface area contributed by atoms with E-state index in [9.17, 15) is 26.7 Å². The van der Waals surface area contributed by atoms with E-state index in [0.717, 1.165) is 11.1 Å². The Morgan fingerprint density at radius 2 is 1.13 bits per heavy atom. The second kappa shape index (κ2) is 6.90. The number of sulfonamides is 2. The SMILES string of the molecule is Cc1ccc(S(=O)(=O)N([C@@]2(C)[C@H](C(=O)O)C2(C)C)S(=O)(=O)c2ccc(C)cc2)cc1. The fourth-order valence-corrected chi connectivity index (χ4v) is 8.66. The summed E-state index contributed by atoms with van der Waals surface area (Å²) in [5.41, 5.74) is -1.16. The summed E-state index contributed by atoms with van der Waals surface area (Å²) in [6.07, 6.45) is 0.